The average Bonchev–Trinajstić information content (AvgIpc) is 3.45. The van der Waals surface area contributed by atoms with Crippen molar-refractivity contribution in [3.8, 4) is 5.75 Å². The number of nitrogens with one attached hydrogen (secondary N) is 1. The van der Waals surface area contributed by atoms with E-state index in [9.17, 15) is 14.4 Å². The molecule has 31 heavy (non-hydrogen) atoms. The highest BCUT2D eigenvalue weighted by Gasteiger charge is 2.35. The molecule has 2 fully saturated rings. The van der Waals surface area contributed by atoms with Gasteiger partial charge in [-0.15, -0.1) is 0 Å². The lowest BCUT2D eigenvalue weighted by molar-refractivity contribution is -0.126. The third-order valence-corrected chi connectivity index (χ3v) is 6.19. The number of aromatic nitrogens is 2. The van der Waals surface area contributed by atoms with Crippen LogP contribution in [0.4, 0.5) is 5.69 Å². The zero-order valence-corrected chi connectivity index (χ0v) is 17.8. The zero-order valence-electron chi connectivity index (χ0n) is 17.8. The van der Waals surface area contributed by atoms with Gasteiger partial charge in [0, 0.05) is 49.8 Å². The Morgan fingerprint density at radius 2 is 2.03 bits per heavy atom. The predicted octanol–water partition coefficient (Wildman–Crippen LogP) is 2.08. The van der Waals surface area contributed by atoms with Crippen LogP contribution < -0.4 is 20.5 Å². The number of rotatable bonds is 7. The Morgan fingerprint density at radius 3 is 2.77 bits per heavy atom. The molecule has 1 aliphatic heterocycles. The van der Waals surface area contributed by atoms with Gasteiger partial charge in [0.15, 0.2) is 0 Å². The van der Waals surface area contributed by atoms with Crippen LogP contribution in [0.3, 0.4) is 0 Å². The number of hydrogen-bond acceptors (Lipinski definition) is 5. The van der Waals surface area contributed by atoms with E-state index in [0.29, 0.717) is 31.3 Å². The molecule has 0 bridgehead atoms. The molecule has 1 aromatic carbocycles. The summed E-state index contributed by atoms with van der Waals surface area (Å²) in [6.45, 7) is 0.991. The Hall–Kier alpha value is -3.16. The van der Waals surface area contributed by atoms with E-state index in [-0.39, 0.29) is 23.8 Å². The van der Waals surface area contributed by atoms with Crippen LogP contribution in [0.1, 0.15) is 43.7 Å². The number of carbonyl (C=O) groups is 2. The number of methoxy groups -OCH3 is 1. The van der Waals surface area contributed by atoms with Gasteiger partial charge in [-0.25, -0.2) is 4.98 Å². The second-order valence-electron chi connectivity index (χ2n) is 8.22. The molecule has 1 saturated carbocycles. The van der Waals surface area contributed by atoms with E-state index < -0.39 is 5.92 Å². The quantitative estimate of drug-likeness (QED) is 0.735. The van der Waals surface area contributed by atoms with Crippen molar-refractivity contribution in [3.05, 3.63) is 52.7 Å². The smallest absolute Gasteiger partial charge is 0.253 e. The van der Waals surface area contributed by atoms with Crippen LogP contribution in [0.2, 0.25) is 0 Å². The van der Waals surface area contributed by atoms with E-state index in [2.05, 4.69) is 10.3 Å². The molecule has 8 heteroatoms. The summed E-state index contributed by atoms with van der Waals surface area (Å²) < 4.78 is 6.73. The maximum absolute atomic E-state index is 12.6. The molecule has 2 heterocycles. The van der Waals surface area contributed by atoms with Crippen molar-refractivity contribution in [1.29, 1.82) is 0 Å². The topological polar surface area (TPSA) is 93.5 Å². The molecule has 2 aromatic rings. The van der Waals surface area contributed by atoms with Crippen LogP contribution in [0.15, 0.2) is 41.5 Å². The van der Waals surface area contributed by atoms with Crippen molar-refractivity contribution in [2.75, 3.05) is 25.1 Å². The maximum Gasteiger partial charge on any atom is 0.253 e. The first-order valence-electron chi connectivity index (χ1n) is 10.8. The second-order valence-corrected chi connectivity index (χ2v) is 8.22. The maximum atomic E-state index is 12.6. The zero-order chi connectivity index (χ0) is 21.8. The largest absolute Gasteiger partial charge is 0.497 e. The van der Waals surface area contributed by atoms with Gasteiger partial charge in [-0.1, -0.05) is 18.9 Å². The standard InChI is InChI=1S/C23H28N4O4/c1-31-19-8-4-7-18(12-19)27-14-17(11-22(27)29)23(30)24-9-10-26-15-25-20(13-21(26)28)16-5-2-3-6-16/h4,7-8,12-13,15-17H,2-3,5-6,9-11,14H2,1H3,(H,24,30). The van der Waals surface area contributed by atoms with Crippen molar-refractivity contribution >= 4 is 17.5 Å². The molecule has 1 N–H and O–H groups in total. The second kappa shape index (κ2) is 9.32. The third kappa shape index (κ3) is 4.78. The number of hydrogen-bond donors (Lipinski definition) is 1. The molecule has 1 saturated heterocycles. The van der Waals surface area contributed by atoms with Crippen LogP contribution in [-0.2, 0) is 16.1 Å². The Morgan fingerprint density at radius 1 is 1.23 bits per heavy atom. The number of carbonyl (C=O) groups excluding carboxylic acids is 2. The fourth-order valence-electron chi connectivity index (χ4n) is 4.41. The first-order valence-corrected chi connectivity index (χ1v) is 10.8. The van der Waals surface area contributed by atoms with Crippen LogP contribution in [0, 0.1) is 5.92 Å². The molecule has 2 aliphatic rings. The average molecular weight is 425 g/mol. The van der Waals surface area contributed by atoms with E-state index in [4.69, 9.17) is 4.74 Å². The number of ether oxygens (including phenoxy) is 1. The van der Waals surface area contributed by atoms with Crippen molar-refractivity contribution in [2.45, 2.75) is 44.6 Å². The Kier molecular flexibility index (Phi) is 6.34. The van der Waals surface area contributed by atoms with E-state index in [0.717, 1.165) is 24.2 Å². The molecule has 0 spiro atoms. The molecule has 1 aromatic heterocycles. The van der Waals surface area contributed by atoms with E-state index in [1.54, 1.807) is 30.5 Å². The summed E-state index contributed by atoms with van der Waals surface area (Å²) in [4.78, 5) is 43.4. The highest BCUT2D eigenvalue weighted by molar-refractivity contribution is 6.00. The Balaban J connectivity index is 1.30. The lowest BCUT2D eigenvalue weighted by Gasteiger charge is -2.17. The van der Waals surface area contributed by atoms with Crippen molar-refractivity contribution in [2.24, 2.45) is 5.92 Å². The minimum atomic E-state index is -0.418. The molecule has 4 rings (SSSR count). The SMILES string of the molecule is COc1cccc(N2CC(C(=O)NCCn3cnc(C4CCCC4)cc3=O)CC2=O)c1. The van der Waals surface area contributed by atoms with Gasteiger partial charge in [-0.2, -0.15) is 0 Å². The fraction of sp³-hybridized carbons (Fsp3) is 0.478. The molecule has 1 atom stereocenters. The summed E-state index contributed by atoms with van der Waals surface area (Å²) in [6, 6.07) is 8.87. The van der Waals surface area contributed by atoms with Crippen molar-refractivity contribution < 1.29 is 14.3 Å². The van der Waals surface area contributed by atoms with Gasteiger partial charge in [-0.3, -0.25) is 19.0 Å². The molecule has 164 valence electrons. The lowest BCUT2D eigenvalue weighted by atomic mass is 10.0. The Bertz CT molecular complexity index is 1010. The highest BCUT2D eigenvalue weighted by atomic mass is 16.5. The van der Waals surface area contributed by atoms with Crippen LogP contribution in [0.5, 0.6) is 5.75 Å². The summed E-state index contributed by atoms with van der Waals surface area (Å²) in [7, 11) is 1.57. The Labute approximate surface area is 181 Å². The third-order valence-electron chi connectivity index (χ3n) is 6.19. The summed E-state index contributed by atoms with van der Waals surface area (Å²) in [6.07, 6.45) is 6.33. The van der Waals surface area contributed by atoms with Crippen molar-refractivity contribution in [3.63, 3.8) is 0 Å². The first-order chi connectivity index (χ1) is 15.0. The molecule has 8 nitrogen and oxygen atoms in total. The summed E-state index contributed by atoms with van der Waals surface area (Å²) in [5, 5.41) is 2.86. The summed E-state index contributed by atoms with van der Waals surface area (Å²) >= 11 is 0. The van der Waals surface area contributed by atoms with Gasteiger partial charge >= 0.3 is 0 Å². The van der Waals surface area contributed by atoms with E-state index in [1.165, 1.54) is 17.4 Å². The molecular weight excluding hydrogens is 396 g/mol. The number of nitrogens with zero attached hydrogens (tertiary/aromatic N) is 3. The monoisotopic (exact) mass is 424 g/mol. The van der Waals surface area contributed by atoms with Gasteiger partial charge < -0.3 is 15.0 Å². The van der Waals surface area contributed by atoms with Crippen molar-refractivity contribution in [1.82, 2.24) is 14.9 Å². The minimum absolute atomic E-state index is 0.0867. The lowest BCUT2D eigenvalue weighted by Crippen LogP contribution is -2.36. The van der Waals surface area contributed by atoms with Crippen LogP contribution >= 0.6 is 0 Å². The van der Waals surface area contributed by atoms with Gasteiger partial charge in [-0.05, 0) is 25.0 Å². The number of benzene rings is 1. The van der Waals surface area contributed by atoms with E-state index in [1.807, 2.05) is 18.2 Å². The summed E-state index contributed by atoms with van der Waals surface area (Å²) in [5.41, 5.74) is 1.51. The van der Waals surface area contributed by atoms with Crippen LogP contribution in [-0.4, -0.2) is 41.6 Å². The van der Waals surface area contributed by atoms with E-state index >= 15 is 0 Å². The summed E-state index contributed by atoms with van der Waals surface area (Å²) in [5.74, 6) is 0.377. The fourth-order valence-corrected chi connectivity index (χ4v) is 4.41. The predicted molar refractivity (Wildman–Crippen MR) is 116 cm³/mol. The molecule has 2 amide bonds. The normalized spacial score (nSPS) is 19.1. The number of amides is 2. The van der Waals surface area contributed by atoms with Gasteiger partial charge in [0.25, 0.3) is 5.56 Å². The van der Waals surface area contributed by atoms with Crippen LogP contribution in [0.25, 0.3) is 0 Å². The number of anilines is 1. The highest BCUT2D eigenvalue weighted by Crippen LogP contribution is 2.32. The van der Waals surface area contributed by atoms with Gasteiger partial charge in [0.1, 0.15) is 5.75 Å². The minimum Gasteiger partial charge on any atom is -0.497 e. The molecule has 0 radical (unpaired) electrons. The van der Waals surface area contributed by atoms with Gasteiger partial charge in [0.05, 0.1) is 25.0 Å². The first kappa shape index (κ1) is 21.1. The van der Waals surface area contributed by atoms with Gasteiger partial charge in [0.2, 0.25) is 11.8 Å². The molecule has 1 aliphatic carbocycles. The molecule has 1 unspecified atom stereocenters. The molecular formula is C23H28N4O4.